The Labute approximate surface area is 91.4 Å². The third-order valence-corrected chi connectivity index (χ3v) is 2.94. The maximum Gasteiger partial charge on any atom is 0.223 e. The summed E-state index contributed by atoms with van der Waals surface area (Å²) in [6.07, 6.45) is 4.25. The van der Waals surface area contributed by atoms with Crippen molar-refractivity contribution in [2.75, 3.05) is 12.4 Å². The number of hydrogen-bond acceptors (Lipinski definition) is 1. The highest BCUT2D eigenvalue weighted by Gasteiger charge is 2.30. The predicted molar refractivity (Wildman–Crippen MR) is 59.5 cm³/mol. The first-order valence-corrected chi connectivity index (χ1v) is 5.92. The number of halogens is 1. The molecule has 14 heavy (non-hydrogen) atoms. The van der Waals surface area contributed by atoms with Gasteiger partial charge in [0.05, 0.1) is 0 Å². The summed E-state index contributed by atoms with van der Waals surface area (Å²) in [4.78, 5) is 11.4. The minimum Gasteiger partial charge on any atom is -0.355 e. The monoisotopic (exact) mass is 217 g/mol. The second kappa shape index (κ2) is 5.01. The van der Waals surface area contributed by atoms with Gasteiger partial charge in [-0.15, -0.1) is 11.6 Å². The summed E-state index contributed by atoms with van der Waals surface area (Å²) < 4.78 is 0. The van der Waals surface area contributed by atoms with Crippen LogP contribution in [-0.4, -0.2) is 18.3 Å². The van der Waals surface area contributed by atoms with Gasteiger partial charge in [0.1, 0.15) is 0 Å². The fourth-order valence-electron chi connectivity index (χ4n) is 1.45. The number of rotatable bonds is 6. The SMILES string of the molecule is CC(C)(CCCCl)CNC(=O)C1CC1. The van der Waals surface area contributed by atoms with Gasteiger partial charge in [-0.3, -0.25) is 4.79 Å². The highest BCUT2D eigenvalue weighted by molar-refractivity contribution is 6.17. The van der Waals surface area contributed by atoms with Crippen molar-refractivity contribution in [3.05, 3.63) is 0 Å². The summed E-state index contributed by atoms with van der Waals surface area (Å²) in [6, 6.07) is 0. The first-order chi connectivity index (χ1) is 6.55. The van der Waals surface area contributed by atoms with E-state index >= 15 is 0 Å². The Hall–Kier alpha value is -0.240. The van der Waals surface area contributed by atoms with Gasteiger partial charge >= 0.3 is 0 Å². The Morgan fingerprint density at radius 1 is 1.50 bits per heavy atom. The fourth-order valence-corrected chi connectivity index (χ4v) is 1.58. The van der Waals surface area contributed by atoms with E-state index in [1.165, 1.54) is 0 Å². The van der Waals surface area contributed by atoms with Gasteiger partial charge in [0.25, 0.3) is 0 Å². The Balaban J connectivity index is 2.16. The lowest BCUT2D eigenvalue weighted by molar-refractivity contribution is -0.122. The smallest absolute Gasteiger partial charge is 0.223 e. The second-order valence-corrected chi connectivity index (χ2v) is 5.33. The Bertz CT molecular complexity index is 199. The molecule has 0 aliphatic heterocycles. The van der Waals surface area contributed by atoms with Crippen molar-refractivity contribution in [3.8, 4) is 0 Å². The van der Waals surface area contributed by atoms with Gasteiger partial charge in [0, 0.05) is 18.3 Å². The van der Waals surface area contributed by atoms with Gasteiger partial charge in [-0.1, -0.05) is 13.8 Å². The van der Waals surface area contributed by atoms with Gasteiger partial charge in [-0.25, -0.2) is 0 Å². The van der Waals surface area contributed by atoms with Crippen LogP contribution in [0.25, 0.3) is 0 Å². The molecule has 0 unspecified atom stereocenters. The molecule has 82 valence electrons. The van der Waals surface area contributed by atoms with E-state index < -0.39 is 0 Å². The van der Waals surface area contributed by atoms with Crippen molar-refractivity contribution >= 4 is 17.5 Å². The van der Waals surface area contributed by atoms with E-state index in [9.17, 15) is 4.79 Å². The molecule has 1 N–H and O–H groups in total. The predicted octanol–water partition coefficient (Wildman–Crippen LogP) is 2.56. The van der Waals surface area contributed by atoms with Crippen LogP contribution in [0.2, 0.25) is 0 Å². The van der Waals surface area contributed by atoms with E-state index in [4.69, 9.17) is 11.6 Å². The van der Waals surface area contributed by atoms with Crippen molar-refractivity contribution in [1.29, 1.82) is 0 Å². The number of carbonyl (C=O) groups is 1. The average molecular weight is 218 g/mol. The molecule has 0 aromatic carbocycles. The number of amides is 1. The first kappa shape index (κ1) is 11.8. The van der Waals surface area contributed by atoms with Gasteiger partial charge in [-0.2, -0.15) is 0 Å². The van der Waals surface area contributed by atoms with Gasteiger partial charge in [-0.05, 0) is 31.1 Å². The van der Waals surface area contributed by atoms with E-state index in [-0.39, 0.29) is 11.3 Å². The van der Waals surface area contributed by atoms with Crippen LogP contribution in [0.3, 0.4) is 0 Å². The van der Waals surface area contributed by atoms with Crippen molar-refractivity contribution in [2.45, 2.75) is 39.5 Å². The number of nitrogens with one attached hydrogen (secondary N) is 1. The molecule has 0 bridgehead atoms. The van der Waals surface area contributed by atoms with Gasteiger partial charge < -0.3 is 5.32 Å². The lowest BCUT2D eigenvalue weighted by atomic mass is 9.88. The maximum atomic E-state index is 11.4. The normalized spacial score (nSPS) is 16.8. The summed E-state index contributed by atoms with van der Waals surface area (Å²) in [5, 5.41) is 3.01. The molecule has 0 heterocycles. The van der Waals surface area contributed by atoms with Gasteiger partial charge in [0.15, 0.2) is 0 Å². The first-order valence-electron chi connectivity index (χ1n) is 5.39. The summed E-state index contributed by atoms with van der Waals surface area (Å²) >= 11 is 5.64. The van der Waals surface area contributed by atoms with Crippen LogP contribution in [0.4, 0.5) is 0 Å². The van der Waals surface area contributed by atoms with Crippen LogP contribution in [0.1, 0.15) is 39.5 Å². The van der Waals surface area contributed by atoms with Crippen molar-refractivity contribution in [1.82, 2.24) is 5.32 Å². The molecular formula is C11H20ClNO. The zero-order valence-corrected chi connectivity index (χ0v) is 9.86. The lowest BCUT2D eigenvalue weighted by Crippen LogP contribution is -2.34. The quantitative estimate of drug-likeness (QED) is 0.681. The minimum atomic E-state index is 0.180. The van der Waals surface area contributed by atoms with Crippen LogP contribution in [0, 0.1) is 11.3 Å². The van der Waals surface area contributed by atoms with Crippen LogP contribution in [-0.2, 0) is 4.79 Å². The summed E-state index contributed by atoms with van der Waals surface area (Å²) in [5.74, 6) is 1.27. The zero-order chi connectivity index (χ0) is 10.6. The van der Waals surface area contributed by atoms with E-state index in [0.717, 1.165) is 32.2 Å². The third kappa shape index (κ3) is 4.32. The molecule has 2 nitrogen and oxygen atoms in total. The molecule has 1 amide bonds. The van der Waals surface area contributed by atoms with Crippen LogP contribution in [0.15, 0.2) is 0 Å². The Morgan fingerprint density at radius 3 is 2.64 bits per heavy atom. The van der Waals surface area contributed by atoms with Crippen molar-refractivity contribution in [3.63, 3.8) is 0 Å². The molecule has 0 spiro atoms. The number of alkyl halides is 1. The molecule has 3 heteroatoms. The summed E-state index contributed by atoms with van der Waals surface area (Å²) in [6.45, 7) is 5.12. The van der Waals surface area contributed by atoms with Crippen molar-refractivity contribution in [2.24, 2.45) is 11.3 Å². The summed E-state index contributed by atoms with van der Waals surface area (Å²) in [5.41, 5.74) is 0.180. The van der Waals surface area contributed by atoms with E-state index in [1.807, 2.05) is 0 Å². The van der Waals surface area contributed by atoms with Crippen LogP contribution < -0.4 is 5.32 Å². The molecule has 1 aliphatic carbocycles. The number of carbonyl (C=O) groups excluding carboxylic acids is 1. The minimum absolute atomic E-state index is 0.180. The van der Waals surface area contributed by atoms with Gasteiger partial charge in [0.2, 0.25) is 5.91 Å². The standard InChI is InChI=1S/C11H20ClNO/c1-11(2,6-3-7-12)8-13-10(14)9-4-5-9/h9H,3-8H2,1-2H3,(H,13,14). The molecule has 1 fully saturated rings. The molecule has 1 saturated carbocycles. The van der Waals surface area contributed by atoms with E-state index in [1.54, 1.807) is 0 Å². The molecule has 1 rings (SSSR count). The molecular weight excluding hydrogens is 198 g/mol. The molecule has 0 saturated heterocycles. The molecule has 0 aromatic heterocycles. The number of hydrogen-bond donors (Lipinski definition) is 1. The van der Waals surface area contributed by atoms with E-state index in [0.29, 0.717) is 11.8 Å². The fraction of sp³-hybridized carbons (Fsp3) is 0.909. The van der Waals surface area contributed by atoms with Crippen molar-refractivity contribution < 1.29 is 4.79 Å². The van der Waals surface area contributed by atoms with E-state index in [2.05, 4.69) is 19.2 Å². The average Bonchev–Trinajstić information content (AvgIpc) is 2.94. The highest BCUT2D eigenvalue weighted by Crippen LogP contribution is 2.29. The molecule has 0 radical (unpaired) electrons. The molecule has 0 aromatic rings. The van der Waals surface area contributed by atoms with Crippen LogP contribution in [0.5, 0.6) is 0 Å². The topological polar surface area (TPSA) is 29.1 Å². The zero-order valence-electron chi connectivity index (χ0n) is 9.11. The summed E-state index contributed by atoms with van der Waals surface area (Å²) in [7, 11) is 0. The highest BCUT2D eigenvalue weighted by atomic mass is 35.5. The Morgan fingerprint density at radius 2 is 2.14 bits per heavy atom. The maximum absolute atomic E-state index is 11.4. The Kier molecular flexibility index (Phi) is 4.24. The molecule has 1 aliphatic rings. The van der Waals surface area contributed by atoms with Crippen LogP contribution >= 0.6 is 11.6 Å². The third-order valence-electron chi connectivity index (χ3n) is 2.68. The molecule has 0 atom stereocenters. The largest absolute Gasteiger partial charge is 0.355 e. The lowest BCUT2D eigenvalue weighted by Gasteiger charge is -2.24. The second-order valence-electron chi connectivity index (χ2n) is 4.95.